The average Bonchev–Trinajstić information content (AvgIpc) is 3.39. The molecule has 2 saturated heterocycles. The molecule has 5 rings (SSSR count). The third-order valence-corrected chi connectivity index (χ3v) is 7.30. The highest BCUT2D eigenvalue weighted by Gasteiger charge is 2.76. The molecule has 3 aliphatic rings. The second-order valence-electron chi connectivity index (χ2n) is 11.2. The van der Waals surface area contributed by atoms with E-state index in [0.717, 1.165) is 0 Å². The topological polar surface area (TPSA) is 105 Å². The van der Waals surface area contributed by atoms with E-state index in [0.29, 0.717) is 16.9 Å². The second kappa shape index (κ2) is 8.38. The van der Waals surface area contributed by atoms with Gasteiger partial charge in [-0.3, -0.25) is 24.1 Å². The molecule has 8 nitrogen and oxygen atoms in total. The molecule has 2 aromatic rings. The van der Waals surface area contributed by atoms with Crippen molar-refractivity contribution >= 4 is 34.9 Å². The molecule has 0 unspecified atom stereocenters. The number of benzene rings is 2. The number of Topliss-reactive ketones (excluding diaryl/α,β-unsaturated/α-hetero) is 1. The first kappa shape index (κ1) is 24.9. The first-order valence-corrected chi connectivity index (χ1v) is 12.4. The Morgan fingerprint density at radius 2 is 1.68 bits per heavy atom. The Labute approximate surface area is 216 Å². The van der Waals surface area contributed by atoms with Crippen LogP contribution in [0.5, 0.6) is 0 Å². The molecule has 192 valence electrons. The van der Waals surface area contributed by atoms with Crippen molar-refractivity contribution in [3.05, 3.63) is 72.3 Å². The van der Waals surface area contributed by atoms with Crippen molar-refractivity contribution in [2.24, 2.45) is 11.8 Å². The van der Waals surface area contributed by atoms with Gasteiger partial charge in [-0.1, -0.05) is 42.5 Å². The summed E-state index contributed by atoms with van der Waals surface area (Å²) in [7, 11) is 0. The zero-order chi connectivity index (χ0) is 26.8. The molecule has 3 heterocycles. The number of hydrogen-bond donors (Lipinski definition) is 2. The van der Waals surface area contributed by atoms with Gasteiger partial charge in [0.2, 0.25) is 17.7 Å². The number of nitrogens with one attached hydrogen (secondary N) is 2. The van der Waals surface area contributed by atoms with Crippen LogP contribution in [-0.4, -0.2) is 46.3 Å². The van der Waals surface area contributed by atoms with Gasteiger partial charge in [0.05, 0.1) is 17.4 Å². The van der Waals surface area contributed by atoms with E-state index in [1.54, 1.807) is 55.5 Å². The van der Waals surface area contributed by atoms with Gasteiger partial charge in [-0.25, -0.2) is 0 Å². The van der Waals surface area contributed by atoms with Crippen molar-refractivity contribution in [2.45, 2.75) is 57.4 Å². The Bertz CT molecular complexity index is 1330. The highest BCUT2D eigenvalue weighted by atomic mass is 16.5. The van der Waals surface area contributed by atoms with Crippen LogP contribution in [0.4, 0.5) is 11.4 Å². The summed E-state index contributed by atoms with van der Waals surface area (Å²) in [6.07, 6.45) is 3.56. The predicted octanol–water partition coefficient (Wildman–Crippen LogP) is 3.49. The molecular formula is C29H31N3O5. The molecule has 2 fully saturated rings. The fraction of sp³-hybridized carbons (Fsp3) is 0.379. The second-order valence-corrected chi connectivity index (χ2v) is 11.2. The van der Waals surface area contributed by atoms with E-state index in [2.05, 4.69) is 10.6 Å². The lowest BCUT2D eigenvalue weighted by atomic mass is 9.70. The number of ketones is 1. The summed E-state index contributed by atoms with van der Waals surface area (Å²) in [4.78, 5) is 55.2. The molecule has 0 aliphatic carbocycles. The molecule has 3 amide bonds. The van der Waals surface area contributed by atoms with Crippen molar-refractivity contribution in [1.29, 1.82) is 0 Å². The summed E-state index contributed by atoms with van der Waals surface area (Å²) >= 11 is 0. The van der Waals surface area contributed by atoms with Crippen LogP contribution < -0.4 is 15.5 Å². The van der Waals surface area contributed by atoms with Gasteiger partial charge >= 0.3 is 0 Å². The SMILES string of the molecule is CC(=O)c1cccc(N2C(=O)[C@@H]3[C@@H](C(=O)Nc4ccccc4)[C@@]4(C)C=C[C@@]3(O4)[C@@H]2C(=O)NC(C)(C)C)c1. The smallest absolute Gasteiger partial charge is 0.246 e. The number of anilines is 2. The van der Waals surface area contributed by atoms with Crippen LogP contribution in [0.3, 0.4) is 0 Å². The van der Waals surface area contributed by atoms with Crippen LogP contribution >= 0.6 is 0 Å². The Morgan fingerprint density at radius 1 is 0.973 bits per heavy atom. The van der Waals surface area contributed by atoms with Gasteiger partial charge in [-0.15, -0.1) is 0 Å². The van der Waals surface area contributed by atoms with Crippen molar-refractivity contribution in [2.75, 3.05) is 10.2 Å². The van der Waals surface area contributed by atoms with Crippen LogP contribution in [0.2, 0.25) is 0 Å². The van der Waals surface area contributed by atoms with Crippen molar-refractivity contribution in [3.63, 3.8) is 0 Å². The fourth-order valence-electron chi connectivity index (χ4n) is 5.87. The van der Waals surface area contributed by atoms with Gasteiger partial charge in [0.25, 0.3) is 0 Å². The van der Waals surface area contributed by atoms with Crippen molar-refractivity contribution in [1.82, 2.24) is 5.32 Å². The maximum Gasteiger partial charge on any atom is 0.246 e. The fourth-order valence-corrected chi connectivity index (χ4v) is 5.87. The van der Waals surface area contributed by atoms with Crippen molar-refractivity contribution < 1.29 is 23.9 Å². The van der Waals surface area contributed by atoms with E-state index >= 15 is 0 Å². The van der Waals surface area contributed by atoms with E-state index in [-0.39, 0.29) is 11.7 Å². The van der Waals surface area contributed by atoms with Crippen molar-refractivity contribution in [3.8, 4) is 0 Å². The Morgan fingerprint density at radius 3 is 2.32 bits per heavy atom. The van der Waals surface area contributed by atoms with Gasteiger partial charge in [-0.2, -0.15) is 0 Å². The molecule has 2 N–H and O–H groups in total. The number of rotatable bonds is 5. The first-order chi connectivity index (χ1) is 17.4. The lowest BCUT2D eigenvalue weighted by Crippen LogP contribution is -2.58. The molecule has 1 spiro atoms. The number of amides is 3. The molecule has 2 aromatic carbocycles. The Hall–Kier alpha value is -3.78. The highest BCUT2D eigenvalue weighted by Crippen LogP contribution is 2.60. The monoisotopic (exact) mass is 501 g/mol. The maximum atomic E-state index is 14.2. The number of nitrogens with zero attached hydrogens (tertiary/aromatic N) is 1. The summed E-state index contributed by atoms with van der Waals surface area (Å²) in [6.45, 7) is 8.80. The minimum absolute atomic E-state index is 0.160. The molecule has 0 saturated carbocycles. The minimum Gasteiger partial charge on any atom is -0.356 e. The van der Waals surface area contributed by atoms with E-state index < -0.39 is 46.4 Å². The summed E-state index contributed by atoms with van der Waals surface area (Å²) in [5, 5.41) is 5.91. The highest BCUT2D eigenvalue weighted by molar-refractivity contribution is 6.12. The number of hydrogen-bond acceptors (Lipinski definition) is 5. The van der Waals surface area contributed by atoms with Crippen LogP contribution in [0.1, 0.15) is 45.0 Å². The molecule has 37 heavy (non-hydrogen) atoms. The van der Waals surface area contributed by atoms with E-state index in [1.165, 1.54) is 11.8 Å². The molecular weight excluding hydrogens is 470 g/mol. The average molecular weight is 502 g/mol. The Kier molecular flexibility index (Phi) is 5.64. The summed E-state index contributed by atoms with van der Waals surface area (Å²) in [5.41, 5.74) is -1.55. The molecule has 3 aliphatic heterocycles. The first-order valence-electron chi connectivity index (χ1n) is 12.4. The standard InChI is InChI=1S/C29H31N3O5/c1-17(33)18-10-9-13-20(16-18)32-23(25(35)31-27(2,3)4)29-15-14-28(5,37-29)21(22(29)26(32)36)24(34)30-19-11-7-6-8-12-19/h6-16,21-23H,1-5H3,(H,30,34)(H,31,35)/t21-,22-,23-,28+,29-/m0/s1. The zero-order valence-corrected chi connectivity index (χ0v) is 21.6. The van der Waals surface area contributed by atoms with Crippen LogP contribution in [-0.2, 0) is 19.1 Å². The predicted molar refractivity (Wildman–Crippen MR) is 139 cm³/mol. The summed E-state index contributed by atoms with van der Waals surface area (Å²) in [5.74, 6) is -3.09. The number of carbonyl (C=O) groups is 4. The summed E-state index contributed by atoms with van der Waals surface area (Å²) in [6, 6.07) is 14.6. The van der Waals surface area contributed by atoms with Gasteiger partial charge in [0, 0.05) is 22.5 Å². The third-order valence-electron chi connectivity index (χ3n) is 7.30. The minimum atomic E-state index is -1.34. The van der Waals surface area contributed by atoms with Gasteiger partial charge in [0.15, 0.2) is 5.78 Å². The summed E-state index contributed by atoms with van der Waals surface area (Å²) < 4.78 is 6.53. The molecule has 5 atom stereocenters. The van der Waals surface area contributed by atoms with Crippen LogP contribution in [0.15, 0.2) is 66.7 Å². The molecule has 8 heteroatoms. The quantitative estimate of drug-likeness (QED) is 0.482. The van der Waals surface area contributed by atoms with Gasteiger partial charge in [-0.05, 0) is 58.9 Å². The Balaban J connectivity index is 1.61. The van der Waals surface area contributed by atoms with E-state index in [1.807, 2.05) is 39.0 Å². The molecule has 2 bridgehead atoms. The number of carbonyl (C=O) groups excluding carboxylic acids is 4. The van der Waals surface area contributed by atoms with Crippen LogP contribution in [0, 0.1) is 11.8 Å². The number of para-hydroxylation sites is 1. The van der Waals surface area contributed by atoms with Gasteiger partial charge in [0.1, 0.15) is 11.6 Å². The zero-order valence-electron chi connectivity index (χ0n) is 21.6. The number of fused-ring (bicyclic) bond motifs is 1. The lowest BCUT2D eigenvalue weighted by Gasteiger charge is -2.35. The lowest BCUT2D eigenvalue weighted by molar-refractivity contribution is -0.131. The molecule has 0 aromatic heterocycles. The third kappa shape index (κ3) is 3.96. The normalized spacial score (nSPS) is 29.8. The number of ether oxygens (including phenoxy) is 1. The largest absolute Gasteiger partial charge is 0.356 e. The molecule has 0 radical (unpaired) electrons. The van der Waals surface area contributed by atoms with E-state index in [4.69, 9.17) is 4.74 Å². The maximum absolute atomic E-state index is 14.2. The van der Waals surface area contributed by atoms with Crippen LogP contribution in [0.25, 0.3) is 0 Å². The van der Waals surface area contributed by atoms with E-state index in [9.17, 15) is 19.2 Å². The van der Waals surface area contributed by atoms with Gasteiger partial charge < -0.3 is 15.4 Å².